The number of carbonyl (C=O) groups is 2. The summed E-state index contributed by atoms with van der Waals surface area (Å²) in [4.78, 5) is 29.7. The SMILES string of the molecule is O=C1c2ccccc2C(=O)N1/C=C/c1nc2ccccc2o1. The van der Waals surface area contributed by atoms with Gasteiger partial charge >= 0.3 is 0 Å². The van der Waals surface area contributed by atoms with Crippen molar-refractivity contribution in [3.63, 3.8) is 0 Å². The quantitative estimate of drug-likeness (QED) is 0.680. The first-order valence-corrected chi connectivity index (χ1v) is 6.75. The molecule has 0 saturated heterocycles. The molecule has 0 bridgehead atoms. The molecule has 0 atom stereocenters. The number of rotatable bonds is 2. The lowest BCUT2D eigenvalue weighted by molar-refractivity contribution is 0.0722. The van der Waals surface area contributed by atoms with E-state index in [2.05, 4.69) is 4.98 Å². The number of nitrogens with zero attached hydrogens (tertiary/aromatic N) is 2. The average molecular weight is 290 g/mol. The van der Waals surface area contributed by atoms with E-state index >= 15 is 0 Å². The third kappa shape index (κ3) is 1.83. The van der Waals surface area contributed by atoms with Gasteiger partial charge in [0.25, 0.3) is 11.8 Å². The highest BCUT2D eigenvalue weighted by molar-refractivity contribution is 6.22. The fourth-order valence-electron chi connectivity index (χ4n) is 2.44. The van der Waals surface area contributed by atoms with Crippen molar-refractivity contribution in [3.05, 3.63) is 71.7 Å². The smallest absolute Gasteiger partial charge is 0.265 e. The van der Waals surface area contributed by atoms with Gasteiger partial charge in [-0.2, -0.15) is 0 Å². The highest BCUT2D eigenvalue weighted by Gasteiger charge is 2.33. The second-order valence-electron chi connectivity index (χ2n) is 4.86. The summed E-state index contributed by atoms with van der Waals surface area (Å²) in [5, 5.41) is 0. The summed E-state index contributed by atoms with van der Waals surface area (Å²) >= 11 is 0. The summed E-state index contributed by atoms with van der Waals surface area (Å²) in [6.45, 7) is 0. The van der Waals surface area contributed by atoms with E-state index in [0.717, 1.165) is 10.4 Å². The van der Waals surface area contributed by atoms with Gasteiger partial charge in [-0.15, -0.1) is 0 Å². The summed E-state index contributed by atoms with van der Waals surface area (Å²) in [7, 11) is 0. The lowest BCUT2D eigenvalue weighted by atomic mass is 10.1. The van der Waals surface area contributed by atoms with Crippen molar-refractivity contribution in [1.29, 1.82) is 0 Å². The molecule has 0 unspecified atom stereocenters. The van der Waals surface area contributed by atoms with E-state index in [4.69, 9.17) is 4.42 Å². The van der Waals surface area contributed by atoms with Crippen molar-refractivity contribution < 1.29 is 14.0 Å². The number of hydrogen-bond acceptors (Lipinski definition) is 4. The highest BCUT2D eigenvalue weighted by atomic mass is 16.3. The minimum atomic E-state index is -0.340. The first-order chi connectivity index (χ1) is 10.7. The van der Waals surface area contributed by atoms with Crippen LogP contribution in [0.2, 0.25) is 0 Å². The number of hydrogen-bond donors (Lipinski definition) is 0. The maximum absolute atomic E-state index is 12.2. The Balaban J connectivity index is 1.66. The van der Waals surface area contributed by atoms with Crippen LogP contribution in [0.3, 0.4) is 0 Å². The van der Waals surface area contributed by atoms with Crippen LogP contribution in [-0.2, 0) is 0 Å². The fourth-order valence-corrected chi connectivity index (χ4v) is 2.44. The largest absolute Gasteiger partial charge is 0.437 e. The van der Waals surface area contributed by atoms with Gasteiger partial charge in [-0.05, 0) is 24.3 Å². The maximum Gasteiger partial charge on any atom is 0.265 e. The Morgan fingerprint density at radius 3 is 2.23 bits per heavy atom. The van der Waals surface area contributed by atoms with E-state index in [0.29, 0.717) is 22.6 Å². The van der Waals surface area contributed by atoms with Crippen LogP contribution < -0.4 is 0 Å². The van der Waals surface area contributed by atoms with Crippen LogP contribution in [0.4, 0.5) is 0 Å². The lowest BCUT2D eigenvalue weighted by Crippen LogP contribution is -2.23. The number of carbonyl (C=O) groups excluding carboxylic acids is 2. The van der Waals surface area contributed by atoms with Gasteiger partial charge < -0.3 is 4.42 Å². The number of benzene rings is 2. The first kappa shape index (κ1) is 12.5. The fraction of sp³-hybridized carbons (Fsp3) is 0. The molecule has 0 fully saturated rings. The zero-order valence-corrected chi connectivity index (χ0v) is 11.4. The molecular weight excluding hydrogens is 280 g/mol. The van der Waals surface area contributed by atoms with E-state index in [9.17, 15) is 9.59 Å². The molecule has 22 heavy (non-hydrogen) atoms. The van der Waals surface area contributed by atoms with E-state index in [1.165, 1.54) is 12.3 Å². The van der Waals surface area contributed by atoms with E-state index in [-0.39, 0.29) is 11.8 Å². The van der Waals surface area contributed by atoms with Crippen molar-refractivity contribution in [3.8, 4) is 0 Å². The van der Waals surface area contributed by atoms with Gasteiger partial charge in [-0.3, -0.25) is 9.59 Å². The molecule has 5 nitrogen and oxygen atoms in total. The predicted molar refractivity (Wildman–Crippen MR) is 80.0 cm³/mol. The van der Waals surface area contributed by atoms with Crippen LogP contribution in [0.5, 0.6) is 0 Å². The van der Waals surface area contributed by atoms with Crippen molar-refractivity contribution in [1.82, 2.24) is 9.88 Å². The predicted octanol–water partition coefficient (Wildman–Crippen LogP) is 3.09. The Morgan fingerprint density at radius 2 is 1.55 bits per heavy atom. The molecule has 106 valence electrons. The van der Waals surface area contributed by atoms with Crippen LogP contribution in [0.15, 0.2) is 59.1 Å². The summed E-state index contributed by atoms with van der Waals surface area (Å²) in [6.07, 6.45) is 2.91. The number of para-hydroxylation sites is 2. The molecular formula is C17H10N2O3. The Morgan fingerprint density at radius 1 is 0.909 bits per heavy atom. The highest BCUT2D eigenvalue weighted by Crippen LogP contribution is 2.23. The molecule has 0 radical (unpaired) electrons. The molecule has 1 aliphatic heterocycles. The zero-order chi connectivity index (χ0) is 15.1. The molecule has 4 rings (SSSR count). The van der Waals surface area contributed by atoms with Crippen molar-refractivity contribution >= 4 is 29.0 Å². The van der Waals surface area contributed by atoms with Gasteiger partial charge in [0.05, 0.1) is 11.1 Å². The molecule has 0 N–H and O–H groups in total. The van der Waals surface area contributed by atoms with Gasteiger partial charge in [-0.25, -0.2) is 9.88 Å². The van der Waals surface area contributed by atoms with Crippen molar-refractivity contribution in [2.75, 3.05) is 0 Å². The third-order valence-corrected chi connectivity index (χ3v) is 3.50. The van der Waals surface area contributed by atoms with E-state index < -0.39 is 0 Å². The van der Waals surface area contributed by atoms with Crippen molar-refractivity contribution in [2.24, 2.45) is 0 Å². The Kier molecular flexibility index (Phi) is 2.66. The Labute approximate surface area is 125 Å². The molecule has 1 aromatic heterocycles. The number of aromatic nitrogens is 1. The standard InChI is InChI=1S/C17H10N2O3/c20-16-11-5-1-2-6-12(11)17(21)19(16)10-9-15-18-13-7-3-4-8-14(13)22-15/h1-10H/b10-9+. The zero-order valence-electron chi connectivity index (χ0n) is 11.4. The number of fused-ring (bicyclic) bond motifs is 2. The maximum atomic E-state index is 12.2. The van der Waals surface area contributed by atoms with Gasteiger partial charge in [-0.1, -0.05) is 24.3 Å². The minimum Gasteiger partial charge on any atom is -0.437 e. The molecule has 0 aliphatic carbocycles. The number of imide groups is 1. The van der Waals surface area contributed by atoms with Crippen LogP contribution in [0.25, 0.3) is 17.2 Å². The summed E-state index contributed by atoms with van der Waals surface area (Å²) in [5.41, 5.74) is 2.21. The van der Waals surface area contributed by atoms with E-state index in [1.807, 2.05) is 24.3 Å². The van der Waals surface area contributed by atoms with Gasteiger partial charge in [0.1, 0.15) is 5.52 Å². The molecule has 3 aromatic rings. The Bertz CT molecular complexity index is 872. The van der Waals surface area contributed by atoms with Crippen LogP contribution in [-0.4, -0.2) is 21.7 Å². The topological polar surface area (TPSA) is 63.4 Å². The molecule has 0 spiro atoms. The first-order valence-electron chi connectivity index (χ1n) is 6.75. The minimum absolute atomic E-state index is 0.340. The van der Waals surface area contributed by atoms with Crippen LogP contribution in [0, 0.1) is 0 Å². The molecule has 0 saturated carbocycles. The second-order valence-corrected chi connectivity index (χ2v) is 4.86. The molecule has 1 aliphatic rings. The van der Waals surface area contributed by atoms with E-state index in [1.54, 1.807) is 24.3 Å². The number of oxazole rings is 1. The summed E-state index contributed by atoms with van der Waals surface area (Å²) in [6, 6.07) is 14.1. The van der Waals surface area contributed by atoms with Gasteiger partial charge in [0, 0.05) is 12.3 Å². The normalized spacial score (nSPS) is 14.3. The summed E-state index contributed by atoms with van der Waals surface area (Å²) < 4.78 is 5.53. The van der Waals surface area contributed by atoms with Crippen LogP contribution in [0.1, 0.15) is 26.6 Å². The average Bonchev–Trinajstić information content (AvgIpc) is 3.06. The third-order valence-electron chi connectivity index (χ3n) is 3.50. The van der Waals surface area contributed by atoms with Crippen molar-refractivity contribution in [2.45, 2.75) is 0 Å². The summed E-state index contributed by atoms with van der Waals surface area (Å²) in [5.74, 6) is -0.335. The molecule has 2 amide bonds. The molecule has 2 aromatic carbocycles. The molecule has 2 heterocycles. The molecule has 5 heteroatoms. The monoisotopic (exact) mass is 290 g/mol. The lowest BCUT2D eigenvalue weighted by Gasteiger charge is -2.05. The van der Waals surface area contributed by atoms with Gasteiger partial charge in [0.2, 0.25) is 5.89 Å². The van der Waals surface area contributed by atoms with Crippen LogP contribution >= 0.6 is 0 Å². The number of amides is 2. The second kappa shape index (κ2) is 4.66. The van der Waals surface area contributed by atoms with Gasteiger partial charge in [0.15, 0.2) is 5.58 Å². The Hall–Kier alpha value is -3.21.